The maximum absolute atomic E-state index is 13.7. The number of benzene rings is 3. The third-order valence-corrected chi connectivity index (χ3v) is 5.82. The van der Waals surface area contributed by atoms with E-state index in [9.17, 15) is 19.1 Å². The first-order valence-corrected chi connectivity index (χ1v) is 11.2. The number of H-pyrrole nitrogens is 1. The number of aliphatic hydroxyl groups excluding tert-OH is 1. The van der Waals surface area contributed by atoms with Gasteiger partial charge in [-0.15, -0.1) is 0 Å². The second-order valence-electron chi connectivity index (χ2n) is 8.17. The van der Waals surface area contributed by atoms with Crippen LogP contribution >= 0.6 is 0 Å². The Morgan fingerprint density at radius 1 is 1.09 bits per heavy atom. The monoisotopic (exact) mass is 471 g/mol. The molecule has 0 saturated carbocycles. The number of fused-ring (bicyclic) bond motifs is 1. The Morgan fingerprint density at radius 3 is 2.54 bits per heavy atom. The number of nitrogens with one attached hydrogen (secondary N) is 1. The first-order valence-electron chi connectivity index (χ1n) is 11.2. The highest BCUT2D eigenvalue weighted by Crippen LogP contribution is 2.41. The molecule has 2 N–H and O–H groups in total. The molecule has 1 saturated heterocycles. The topological polar surface area (TPSA) is 95.5 Å². The van der Waals surface area contributed by atoms with Crippen molar-refractivity contribution in [3.05, 3.63) is 95.3 Å². The van der Waals surface area contributed by atoms with Gasteiger partial charge in [-0.05, 0) is 54.4 Å². The minimum atomic E-state index is -0.933. The normalized spacial score (nSPS) is 17.3. The van der Waals surface area contributed by atoms with Crippen LogP contribution in [0.1, 0.15) is 30.5 Å². The van der Waals surface area contributed by atoms with Gasteiger partial charge in [0.25, 0.3) is 5.78 Å². The maximum atomic E-state index is 13.7. The van der Waals surface area contributed by atoms with Crippen LogP contribution in [0.4, 0.5) is 10.3 Å². The molecule has 4 aromatic rings. The van der Waals surface area contributed by atoms with E-state index in [0.29, 0.717) is 34.5 Å². The number of Topliss-reactive ketones (excluding diaryl/α,β-unsaturated/α-hetero) is 1. The van der Waals surface area contributed by atoms with Crippen molar-refractivity contribution in [2.24, 2.45) is 0 Å². The van der Waals surface area contributed by atoms with Crippen LogP contribution in [0.25, 0.3) is 16.8 Å². The van der Waals surface area contributed by atoms with Crippen LogP contribution in [-0.4, -0.2) is 33.4 Å². The number of carbonyl (C=O) groups excluding carboxylic acids is 2. The van der Waals surface area contributed by atoms with Crippen molar-refractivity contribution in [3.8, 4) is 5.75 Å². The predicted octanol–water partition coefficient (Wildman–Crippen LogP) is 5.12. The first-order chi connectivity index (χ1) is 17.0. The zero-order valence-corrected chi connectivity index (χ0v) is 18.9. The molecule has 1 fully saturated rings. The summed E-state index contributed by atoms with van der Waals surface area (Å²) in [4.78, 5) is 35.0. The van der Waals surface area contributed by atoms with Gasteiger partial charge in [-0.2, -0.15) is 0 Å². The summed E-state index contributed by atoms with van der Waals surface area (Å²) in [5.41, 5.74) is 1.76. The molecule has 1 amide bonds. The van der Waals surface area contributed by atoms with E-state index in [1.54, 1.807) is 48.5 Å². The number of aromatic nitrogens is 2. The number of rotatable bonds is 6. The van der Waals surface area contributed by atoms with E-state index in [1.165, 1.54) is 23.1 Å². The average molecular weight is 471 g/mol. The number of ketones is 1. The van der Waals surface area contributed by atoms with Gasteiger partial charge in [0.05, 0.1) is 29.3 Å². The molecule has 0 aliphatic carbocycles. The van der Waals surface area contributed by atoms with Crippen LogP contribution in [0.3, 0.4) is 0 Å². The second-order valence-corrected chi connectivity index (χ2v) is 8.17. The summed E-state index contributed by atoms with van der Waals surface area (Å²) in [5, 5.41) is 11.2. The zero-order valence-electron chi connectivity index (χ0n) is 18.9. The fourth-order valence-corrected chi connectivity index (χ4v) is 4.17. The Labute approximate surface area is 200 Å². The Kier molecular flexibility index (Phi) is 5.78. The number of aliphatic hydroxyl groups is 1. The molecule has 1 aromatic heterocycles. The summed E-state index contributed by atoms with van der Waals surface area (Å²) in [6.07, 6.45) is 0.858. The highest BCUT2D eigenvalue weighted by atomic mass is 19.1. The van der Waals surface area contributed by atoms with E-state index in [1.807, 2.05) is 13.0 Å². The summed E-state index contributed by atoms with van der Waals surface area (Å²) >= 11 is 0. The Balaban J connectivity index is 1.64. The van der Waals surface area contributed by atoms with Gasteiger partial charge in [0, 0.05) is 5.56 Å². The molecule has 176 valence electrons. The molecule has 3 aromatic carbocycles. The quantitative estimate of drug-likeness (QED) is 0.231. The van der Waals surface area contributed by atoms with Crippen LogP contribution in [0.15, 0.2) is 78.4 Å². The van der Waals surface area contributed by atoms with Gasteiger partial charge in [-0.25, -0.2) is 9.37 Å². The van der Waals surface area contributed by atoms with Gasteiger partial charge in [0.1, 0.15) is 17.3 Å². The largest absolute Gasteiger partial charge is 0.507 e. The Hall–Kier alpha value is -4.46. The standard InChI is InChI=1S/C27H22FN3O4/c1-2-14-35-19-11-8-17(9-12-19)24(32)22-23(16-6-4-3-5-7-16)31(26(34)25(22)33)27-29-20-13-10-18(28)15-21(20)30-27/h3-13,15,23,32H,2,14H2,1H3,(H,29,30)/b24-22+. The van der Waals surface area contributed by atoms with Crippen LogP contribution < -0.4 is 9.64 Å². The fraction of sp³-hybridized carbons (Fsp3) is 0.148. The lowest BCUT2D eigenvalue weighted by atomic mass is 9.95. The number of halogens is 1. The molecule has 35 heavy (non-hydrogen) atoms. The van der Waals surface area contributed by atoms with Crippen LogP contribution in [0, 0.1) is 5.82 Å². The number of amides is 1. The van der Waals surface area contributed by atoms with E-state index in [-0.39, 0.29) is 17.3 Å². The maximum Gasteiger partial charge on any atom is 0.302 e. The molecule has 0 spiro atoms. The first kappa shape index (κ1) is 22.3. The van der Waals surface area contributed by atoms with E-state index in [2.05, 4.69) is 9.97 Å². The van der Waals surface area contributed by atoms with E-state index in [0.717, 1.165) is 6.42 Å². The Bertz CT molecular complexity index is 1440. The molecule has 7 nitrogen and oxygen atoms in total. The van der Waals surface area contributed by atoms with Gasteiger partial charge in [-0.3, -0.25) is 14.5 Å². The van der Waals surface area contributed by atoms with Gasteiger partial charge in [-0.1, -0.05) is 37.3 Å². The van der Waals surface area contributed by atoms with Crippen molar-refractivity contribution >= 4 is 34.4 Å². The highest BCUT2D eigenvalue weighted by Gasteiger charge is 2.48. The molecule has 1 unspecified atom stereocenters. The third kappa shape index (κ3) is 4.03. The second kappa shape index (κ2) is 9.06. The van der Waals surface area contributed by atoms with Gasteiger partial charge < -0.3 is 14.8 Å². The van der Waals surface area contributed by atoms with Gasteiger partial charge in [0.15, 0.2) is 0 Å². The number of nitrogens with zero attached hydrogens (tertiary/aromatic N) is 2. The predicted molar refractivity (Wildman–Crippen MR) is 130 cm³/mol. The van der Waals surface area contributed by atoms with E-state index in [4.69, 9.17) is 4.74 Å². The number of ether oxygens (including phenoxy) is 1. The van der Waals surface area contributed by atoms with Crippen LogP contribution in [0.2, 0.25) is 0 Å². The van der Waals surface area contributed by atoms with Gasteiger partial charge >= 0.3 is 5.91 Å². The molecular weight excluding hydrogens is 449 g/mol. The van der Waals surface area contributed by atoms with E-state index < -0.39 is 23.5 Å². The summed E-state index contributed by atoms with van der Waals surface area (Å²) in [6.45, 7) is 2.56. The zero-order chi connectivity index (χ0) is 24.5. The molecule has 5 rings (SSSR count). The number of aromatic amines is 1. The summed E-state index contributed by atoms with van der Waals surface area (Å²) in [5.74, 6) is -1.72. The number of carbonyl (C=O) groups is 2. The smallest absolute Gasteiger partial charge is 0.302 e. The SMILES string of the molecule is CCCOc1ccc(/C(O)=C2\C(=O)C(=O)N(c3nc4ccc(F)cc4[nH]3)C2c2ccccc2)cc1. The average Bonchev–Trinajstić information content (AvgIpc) is 3.40. The van der Waals surface area contributed by atoms with E-state index >= 15 is 0 Å². The fourth-order valence-electron chi connectivity index (χ4n) is 4.17. The highest BCUT2D eigenvalue weighted by molar-refractivity contribution is 6.51. The Morgan fingerprint density at radius 2 is 1.83 bits per heavy atom. The van der Waals surface area contributed by atoms with Crippen molar-refractivity contribution < 1.29 is 23.8 Å². The van der Waals surface area contributed by atoms with Gasteiger partial charge in [0.2, 0.25) is 5.95 Å². The number of imidazole rings is 1. The molecular formula is C27H22FN3O4. The van der Waals surface area contributed by atoms with Crippen molar-refractivity contribution in [1.82, 2.24) is 9.97 Å². The summed E-state index contributed by atoms with van der Waals surface area (Å²) < 4.78 is 19.3. The molecule has 1 aliphatic heterocycles. The van der Waals surface area contributed by atoms with Crippen molar-refractivity contribution in [2.75, 3.05) is 11.5 Å². The number of hydrogen-bond acceptors (Lipinski definition) is 5. The van der Waals surface area contributed by atoms with Crippen molar-refractivity contribution in [1.29, 1.82) is 0 Å². The van der Waals surface area contributed by atoms with Crippen LogP contribution in [-0.2, 0) is 9.59 Å². The summed E-state index contributed by atoms with van der Waals surface area (Å²) in [6, 6.07) is 18.7. The molecule has 8 heteroatoms. The van der Waals surface area contributed by atoms with Crippen molar-refractivity contribution in [2.45, 2.75) is 19.4 Å². The minimum absolute atomic E-state index is 0.0601. The molecule has 1 aliphatic rings. The summed E-state index contributed by atoms with van der Waals surface area (Å²) in [7, 11) is 0. The lowest BCUT2D eigenvalue weighted by Crippen LogP contribution is -2.30. The molecule has 0 bridgehead atoms. The lowest BCUT2D eigenvalue weighted by Gasteiger charge is -2.23. The molecule has 2 heterocycles. The number of hydrogen-bond donors (Lipinski definition) is 2. The number of anilines is 1. The van der Waals surface area contributed by atoms with Crippen LogP contribution in [0.5, 0.6) is 5.75 Å². The molecule has 0 radical (unpaired) electrons. The minimum Gasteiger partial charge on any atom is -0.507 e. The van der Waals surface area contributed by atoms with Crippen molar-refractivity contribution in [3.63, 3.8) is 0 Å². The third-order valence-electron chi connectivity index (χ3n) is 5.82. The lowest BCUT2D eigenvalue weighted by molar-refractivity contribution is -0.132. The molecule has 1 atom stereocenters.